The number of aromatic nitrogens is 2. The second-order valence-corrected chi connectivity index (χ2v) is 8.94. The van der Waals surface area contributed by atoms with Crippen molar-refractivity contribution in [1.29, 1.82) is 0 Å². The quantitative estimate of drug-likeness (QED) is 0.437. The predicted octanol–water partition coefficient (Wildman–Crippen LogP) is 3.62. The molecule has 0 radical (unpaired) electrons. The van der Waals surface area contributed by atoms with Gasteiger partial charge < -0.3 is 25.4 Å². The van der Waals surface area contributed by atoms with Crippen molar-refractivity contribution in [1.82, 2.24) is 15.3 Å². The lowest BCUT2D eigenvalue weighted by Gasteiger charge is -2.27. The number of nitrogens with one attached hydrogen (secondary N) is 2. The lowest BCUT2D eigenvalue weighted by molar-refractivity contribution is 0.102. The monoisotopic (exact) mass is 497 g/mol. The highest BCUT2D eigenvalue weighted by Crippen LogP contribution is 2.34. The first kappa shape index (κ1) is 25.5. The molecule has 1 aromatic heterocycles. The smallest absolute Gasteiger partial charge is 0.274 e. The van der Waals surface area contributed by atoms with Gasteiger partial charge in [-0.3, -0.25) is 4.79 Å². The molecule has 3 aromatic rings. The summed E-state index contributed by atoms with van der Waals surface area (Å²) in [5, 5.41) is 16.2. The summed E-state index contributed by atoms with van der Waals surface area (Å²) in [7, 11) is 1.40. The molecule has 36 heavy (non-hydrogen) atoms. The van der Waals surface area contributed by atoms with Gasteiger partial charge in [0.25, 0.3) is 5.91 Å². The van der Waals surface area contributed by atoms with Crippen LogP contribution >= 0.6 is 0 Å². The largest absolute Gasteiger partial charge is 0.496 e. The van der Waals surface area contributed by atoms with E-state index in [9.17, 15) is 18.7 Å². The summed E-state index contributed by atoms with van der Waals surface area (Å²) >= 11 is 0. The Morgan fingerprint density at radius 1 is 1.25 bits per heavy atom. The van der Waals surface area contributed by atoms with E-state index in [0.717, 1.165) is 0 Å². The van der Waals surface area contributed by atoms with Crippen LogP contribution in [0.5, 0.6) is 5.75 Å². The van der Waals surface area contributed by atoms with Gasteiger partial charge in [0.15, 0.2) is 5.82 Å². The Hall–Kier alpha value is -3.63. The molecule has 2 heterocycles. The number of hydrogen-bond acceptors (Lipinski definition) is 7. The van der Waals surface area contributed by atoms with E-state index in [2.05, 4.69) is 20.6 Å². The molecule has 2 atom stereocenters. The molecule has 0 saturated carbocycles. The molecule has 0 spiro atoms. The van der Waals surface area contributed by atoms with Crippen LogP contribution in [0.15, 0.2) is 48.7 Å². The maximum atomic E-state index is 14.5. The number of carbonyl (C=O) groups is 1. The van der Waals surface area contributed by atoms with Crippen LogP contribution in [-0.4, -0.2) is 59.4 Å². The lowest BCUT2D eigenvalue weighted by atomic mass is 10.1. The molecular weight excluding hydrogens is 468 g/mol. The Morgan fingerprint density at radius 3 is 2.78 bits per heavy atom. The molecule has 1 saturated heterocycles. The summed E-state index contributed by atoms with van der Waals surface area (Å²) in [5.41, 5.74) is 0.835. The Kier molecular flexibility index (Phi) is 7.76. The first-order chi connectivity index (χ1) is 17.3. The number of aliphatic hydroxyl groups excluding tert-OH is 1. The van der Waals surface area contributed by atoms with Crippen LogP contribution in [0.4, 0.5) is 20.2 Å². The van der Waals surface area contributed by atoms with Crippen molar-refractivity contribution in [2.75, 3.05) is 30.5 Å². The third kappa shape index (κ3) is 5.44. The van der Waals surface area contributed by atoms with Crippen LogP contribution in [-0.2, 0) is 0 Å². The van der Waals surface area contributed by atoms with E-state index >= 15 is 0 Å². The van der Waals surface area contributed by atoms with E-state index in [1.54, 1.807) is 12.1 Å². The van der Waals surface area contributed by atoms with Gasteiger partial charge in [0.05, 0.1) is 36.7 Å². The van der Waals surface area contributed by atoms with Gasteiger partial charge in [0, 0.05) is 24.8 Å². The zero-order valence-electron chi connectivity index (χ0n) is 20.3. The molecule has 0 aliphatic carbocycles. The van der Waals surface area contributed by atoms with E-state index in [1.807, 2.05) is 18.7 Å². The summed E-state index contributed by atoms with van der Waals surface area (Å²) in [5.74, 6) is -1.51. The van der Waals surface area contributed by atoms with Gasteiger partial charge in [-0.25, -0.2) is 18.7 Å². The second kappa shape index (κ2) is 11.0. The molecule has 8 nitrogen and oxygen atoms in total. The molecule has 1 amide bonds. The Bertz CT molecular complexity index is 1240. The summed E-state index contributed by atoms with van der Waals surface area (Å²) in [6.45, 7) is 4.60. The van der Waals surface area contributed by atoms with Gasteiger partial charge >= 0.3 is 0 Å². The SMILES string of the molecule is COc1cccc(F)c1-c1nccc(C(=O)Nc2cc(F)ccc2N2C[C@@H](NC(C)C)C[C@H]2CO)n1. The molecule has 190 valence electrons. The van der Waals surface area contributed by atoms with Crippen molar-refractivity contribution in [3.05, 3.63) is 66.0 Å². The average Bonchev–Trinajstić information content (AvgIpc) is 3.25. The first-order valence-electron chi connectivity index (χ1n) is 11.7. The van der Waals surface area contributed by atoms with Crippen LogP contribution < -0.4 is 20.3 Å². The highest BCUT2D eigenvalue weighted by molar-refractivity contribution is 6.05. The molecule has 1 aliphatic heterocycles. The minimum Gasteiger partial charge on any atom is -0.496 e. The molecule has 4 rings (SSSR count). The van der Waals surface area contributed by atoms with Gasteiger partial charge in [0.2, 0.25) is 0 Å². The Morgan fingerprint density at radius 2 is 2.06 bits per heavy atom. The number of ether oxygens (including phenoxy) is 1. The molecule has 2 aromatic carbocycles. The number of aliphatic hydroxyl groups is 1. The highest BCUT2D eigenvalue weighted by Gasteiger charge is 2.33. The number of rotatable bonds is 8. The van der Waals surface area contributed by atoms with E-state index < -0.39 is 17.5 Å². The third-order valence-electron chi connectivity index (χ3n) is 6.02. The van der Waals surface area contributed by atoms with E-state index in [1.165, 1.54) is 43.6 Å². The van der Waals surface area contributed by atoms with Gasteiger partial charge in [-0.2, -0.15) is 0 Å². The fourth-order valence-electron chi connectivity index (χ4n) is 4.52. The number of carbonyl (C=O) groups excluding carboxylic acids is 1. The van der Waals surface area contributed by atoms with Gasteiger partial charge in [0.1, 0.15) is 23.1 Å². The topological polar surface area (TPSA) is 99.6 Å². The van der Waals surface area contributed by atoms with Crippen LogP contribution in [0, 0.1) is 11.6 Å². The van der Waals surface area contributed by atoms with E-state index in [-0.39, 0.29) is 53.3 Å². The molecule has 1 aliphatic rings. The number of hydrogen-bond donors (Lipinski definition) is 3. The van der Waals surface area contributed by atoms with Crippen molar-refractivity contribution in [3.63, 3.8) is 0 Å². The Labute approximate surface area is 208 Å². The molecule has 1 fully saturated rings. The standard InChI is InChI=1S/C26H29F2N5O3/c1-15(2)30-17-12-18(14-34)33(13-17)22-8-7-16(27)11-21(22)32-26(35)20-9-10-29-25(31-20)24-19(28)5-4-6-23(24)36-3/h4-11,15,17-18,30,34H,12-14H2,1-3H3,(H,32,35)/t17-,18-/m0/s1. The van der Waals surface area contributed by atoms with Gasteiger partial charge in [-0.15, -0.1) is 0 Å². The van der Waals surface area contributed by atoms with E-state index in [0.29, 0.717) is 18.7 Å². The van der Waals surface area contributed by atoms with Crippen molar-refractivity contribution < 1.29 is 23.4 Å². The number of methoxy groups -OCH3 is 1. The predicted molar refractivity (Wildman–Crippen MR) is 133 cm³/mol. The zero-order valence-corrected chi connectivity index (χ0v) is 20.3. The summed E-state index contributed by atoms with van der Waals surface area (Å²) in [6, 6.07) is 10.0. The van der Waals surface area contributed by atoms with Crippen molar-refractivity contribution in [3.8, 4) is 17.1 Å². The number of anilines is 2. The maximum absolute atomic E-state index is 14.5. The third-order valence-corrected chi connectivity index (χ3v) is 6.02. The zero-order chi connectivity index (χ0) is 25.8. The van der Waals surface area contributed by atoms with Gasteiger partial charge in [-0.1, -0.05) is 19.9 Å². The van der Waals surface area contributed by atoms with E-state index in [4.69, 9.17) is 4.74 Å². The number of amides is 1. The van der Waals surface area contributed by atoms with Crippen LogP contribution in [0.3, 0.4) is 0 Å². The number of benzene rings is 2. The summed E-state index contributed by atoms with van der Waals surface area (Å²) in [4.78, 5) is 23.4. The lowest BCUT2D eigenvalue weighted by Crippen LogP contribution is -2.37. The number of nitrogens with zero attached hydrogens (tertiary/aromatic N) is 3. The van der Waals surface area contributed by atoms with Crippen molar-refractivity contribution in [2.45, 2.75) is 38.4 Å². The van der Waals surface area contributed by atoms with Crippen molar-refractivity contribution in [2.24, 2.45) is 0 Å². The van der Waals surface area contributed by atoms with Gasteiger partial charge in [-0.05, 0) is 42.8 Å². The van der Waals surface area contributed by atoms with Crippen LogP contribution in [0.1, 0.15) is 30.8 Å². The van der Waals surface area contributed by atoms with Crippen molar-refractivity contribution >= 4 is 17.3 Å². The summed E-state index contributed by atoms with van der Waals surface area (Å²) < 4.78 is 34.0. The highest BCUT2D eigenvalue weighted by atomic mass is 19.1. The molecule has 0 bridgehead atoms. The first-order valence-corrected chi connectivity index (χ1v) is 11.7. The maximum Gasteiger partial charge on any atom is 0.274 e. The van der Waals surface area contributed by atoms with Crippen LogP contribution in [0.2, 0.25) is 0 Å². The normalized spacial score (nSPS) is 17.5. The minimum absolute atomic E-state index is 0.0143. The summed E-state index contributed by atoms with van der Waals surface area (Å²) in [6.07, 6.45) is 2.05. The fraction of sp³-hybridized carbons (Fsp3) is 0.346. The van der Waals surface area contributed by atoms with Crippen LogP contribution in [0.25, 0.3) is 11.4 Å². The molecule has 10 heteroatoms. The fourth-order valence-corrected chi connectivity index (χ4v) is 4.52. The molecule has 0 unspecified atom stereocenters. The Balaban J connectivity index is 1.63. The minimum atomic E-state index is -0.614. The number of halogens is 2. The second-order valence-electron chi connectivity index (χ2n) is 8.94. The average molecular weight is 498 g/mol. The molecule has 3 N–H and O–H groups in total. The molecular formula is C26H29F2N5O3.